The molecule has 0 aromatic carbocycles. The molecular weight excluding hydrogens is 256 g/mol. The molecule has 5 heteroatoms. The number of amides is 1. The Morgan fingerprint density at radius 1 is 1.40 bits per heavy atom. The minimum Gasteiger partial charge on any atom is -0.478 e. The van der Waals surface area contributed by atoms with E-state index in [1.54, 1.807) is 6.07 Å². The van der Waals surface area contributed by atoms with Crippen LogP contribution in [-0.2, 0) is 4.79 Å². The Morgan fingerprint density at radius 3 is 2.75 bits per heavy atom. The molecule has 0 atom stereocenters. The number of nitrogens with one attached hydrogen (secondary N) is 1. The Labute approximate surface area is 117 Å². The van der Waals surface area contributed by atoms with Crippen LogP contribution in [0.3, 0.4) is 0 Å². The first kappa shape index (κ1) is 14.2. The van der Waals surface area contributed by atoms with Crippen molar-refractivity contribution in [3.05, 3.63) is 35.7 Å². The molecule has 5 nitrogen and oxygen atoms in total. The molecular formula is C15H18N2O3. The molecule has 0 bridgehead atoms. The Morgan fingerprint density at radius 2 is 2.10 bits per heavy atom. The lowest BCUT2D eigenvalue weighted by Crippen LogP contribution is -2.43. The van der Waals surface area contributed by atoms with Crippen LogP contribution >= 0.6 is 0 Å². The number of carboxylic acid groups (broad SMARTS) is 1. The van der Waals surface area contributed by atoms with E-state index in [1.807, 2.05) is 6.92 Å². The second kappa shape index (κ2) is 5.86. The fraction of sp³-hybridized carbons (Fsp3) is 0.400. The van der Waals surface area contributed by atoms with E-state index in [4.69, 9.17) is 5.11 Å². The lowest BCUT2D eigenvalue weighted by atomic mass is 9.99. The minimum absolute atomic E-state index is 0.159. The fourth-order valence-corrected chi connectivity index (χ4v) is 2.53. The summed E-state index contributed by atoms with van der Waals surface area (Å²) in [6, 6.07) is 1.61. The smallest absolute Gasteiger partial charge is 0.328 e. The SMILES string of the molecule is CC1(NC(=O)c2ccncc2C=CC(=O)O)CCCC1. The second-order valence-electron chi connectivity index (χ2n) is 5.36. The van der Waals surface area contributed by atoms with Gasteiger partial charge in [0.15, 0.2) is 0 Å². The molecule has 1 amide bonds. The summed E-state index contributed by atoms with van der Waals surface area (Å²) < 4.78 is 0. The van der Waals surface area contributed by atoms with Crippen LogP contribution in [0.5, 0.6) is 0 Å². The van der Waals surface area contributed by atoms with E-state index in [-0.39, 0.29) is 11.4 Å². The maximum Gasteiger partial charge on any atom is 0.328 e. The zero-order valence-corrected chi connectivity index (χ0v) is 11.4. The van der Waals surface area contributed by atoms with Gasteiger partial charge in [0.1, 0.15) is 0 Å². The highest BCUT2D eigenvalue weighted by Crippen LogP contribution is 2.29. The zero-order chi connectivity index (χ0) is 14.6. The molecule has 1 aliphatic rings. The highest BCUT2D eigenvalue weighted by atomic mass is 16.4. The number of hydrogen-bond donors (Lipinski definition) is 2. The number of pyridine rings is 1. The van der Waals surface area contributed by atoms with Crippen LogP contribution in [-0.4, -0.2) is 27.5 Å². The average molecular weight is 274 g/mol. The van der Waals surface area contributed by atoms with Crippen molar-refractivity contribution in [3.63, 3.8) is 0 Å². The monoisotopic (exact) mass is 274 g/mol. The number of rotatable bonds is 4. The van der Waals surface area contributed by atoms with Crippen molar-refractivity contribution in [2.24, 2.45) is 0 Å². The van der Waals surface area contributed by atoms with Gasteiger partial charge in [-0.05, 0) is 31.9 Å². The third kappa shape index (κ3) is 3.44. The van der Waals surface area contributed by atoms with Gasteiger partial charge in [-0.3, -0.25) is 9.78 Å². The van der Waals surface area contributed by atoms with Crippen molar-refractivity contribution < 1.29 is 14.7 Å². The zero-order valence-electron chi connectivity index (χ0n) is 11.4. The average Bonchev–Trinajstić information content (AvgIpc) is 2.83. The molecule has 1 saturated carbocycles. The van der Waals surface area contributed by atoms with Crippen LogP contribution in [0.15, 0.2) is 24.5 Å². The largest absolute Gasteiger partial charge is 0.478 e. The van der Waals surface area contributed by atoms with E-state index in [2.05, 4.69) is 10.3 Å². The maximum absolute atomic E-state index is 12.4. The molecule has 1 heterocycles. The van der Waals surface area contributed by atoms with E-state index in [0.29, 0.717) is 11.1 Å². The third-order valence-electron chi connectivity index (χ3n) is 3.62. The molecule has 1 aromatic rings. The summed E-state index contributed by atoms with van der Waals surface area (Å²) in [5, 5.41) is 11.7. The van der Waals surface area contributed by atoms with E-state index < -0.39 is 5.97 Å². The summed E-state index contributed by atoms with van der Waals surface area (Å²) in [6.45, 7) is 2.05. The summed E-state index contributed by atoms with van der Waals surface area (Å²) in [6.07, 6.45) is 9.62. The van der Waals surface area contributed by atoms with E-state index >= 15 is 0 Å². The summed E-state index contributed by atoms with van der Waals surface area (Å²) in [5.41, 5.74) is 0.799. The lowest BCUT2D eigenvalue weighted by molar-refractivity contribution is -0.131. The number of hydrogen-bond acceptors (Lipinski definition) is 3. The van der Waals surface area contributed by atoms with E-state index in [9.17, 15) is 9.59 Å². The highest BCUT2D eigenvalue weighted by Gasteiger charge is 2.30. The number of aromatic nitrogens is 1. The second-order valence-corrected chi connectivity index (χ2v) is 5.36. The van der Waals surface area contributed by atoms with Gasteiger partial charge in [-0.25, -0.2) is 4.79 Å². The van der Waals surface area contributed by atoms with Gasteiger partial charge in [0.25, 0.3) is 5.91 Å². The summed E-state index contributed by atoms with van der Waals surface area (Å²) in [5.74, 6) is -1.23. The maximum atomic E-state index is 12.4. The number of aliphatic carboxylic acids is 1. The third-order valence-corrected chi connectivity index (χ3v) is 3.62. The summed E-state index contributed by atoms with van der Waals surface area (Å²) >= 11 is 0. The summed E-state index contributed by atoms with van der Waals surface area (Å²) in [7, 11) is 0. The van der Waals surface area contributed by atoms with Gasteiger partial charge in [-0.15, -0.1) is 0 Å². The van der Waals surface area contributed by atoms with Gasteiger partial charge < -0.3 is 10.4 Å². The molecule has 0 saturated heterocycles. The topological polar surface area (TPSA) is 79.3 Å². The predicted molar refractivity (Wildman–Crippen MR) is 75.2 cm³/mol. The number of carbonyl (C=O) groups excluding carboxylic acids is 1. The van der Waals surface area contributed by atoms with Crippen LogP contribution in [0, 0.1) is 0 Å². The normalized spacial score (nSPS) is 17.2. The fourth-order valence-electron chi connectivity index (χ4n) is 2.53. The Balaban J connectivity index is 2.19. The number of carboxylic acids is 1. The molecule has 1 fully saturated rings. The first-order chi connectivity index (χ1) is 9.50. The highest BCUT2D eigenvalue weighted by molar-refractivity contribution is 5.99. The molecule has 2 N–H and O–H groups in total. The van der Waals surface area contributed by atoms with Crippen molar-refractivity contribution in [1.82, 2.24) is 10.3 Å². The van der Waals surface area contributed by atoms with Crippen LogP contribution in [0.25, 0.3) is 6.08 Å². The molecule has 0 spiro atoms. The van der Waals surface area contributed by atoms with Gasteiger partial charge >= 0.3 is 5.97 Å². The van der Waals surface area contributed by atoms with Crippen LogP contribution in [0.1, 0.15) is 48.5 Å². The van der Waals surface area contributed by atoms with E-state index in [1.165, 1.54) is 18.5 Å². The van der Waals surface area contributed by atoms with Crippen molar-refractivity contribution in [1.29, 1.82) is 0 Å². The Kier molecular flexibility index (Phi) is 4.17. The quantitative estimate of drug-likeness (QED) is 0.825. The van der Waals surface area contributed by atoms with Crippen LogP contribution < -0.4 is 5.32 Å². The molecule has 20 heavy (non-hydrogen) atoms. The van der Waals surface area contributed by atoms with Crippen molar-refractivity contribution in [2.45, 2.75) is 38.1 Å². The first-order valence-electron chi connectivity index (χ1n) is 6.68. The molecule has 1 aliphatic carbocycles. The Hall–Kier alpha value is -2.17. The number of nitrogens with zero attached hydrogens (tertiary/aromatic N) is 1. The summed E-state index contributed by atoms with van der Waals surface area (Å²) in [4.78, 5) is 26.9. The molecule has 1 aromatic heterocycles. The standard InChI is InChI=1S/C15H18N2O3/c1-15(7-2-3-8-15)17-14(20)12-6-9-16-10-11(12)4-5-13(18)19/h4-6,9-10H,2-3,7-8H2,1H3,(H,17,20)(H,18,19). The van der Waals surface area contributed by atoms with Crippen molar-refractivity contribution in [2.75, 3.05) is 0 Å². The van der Waals surface area contributed by atoms with Gasteiger partial charge in [0.05, 0.1) is 0 Å². The van der Waals surface area contributed by atoms with Gasteiger partial charge in [0.2, 0.25) is 0 Å². The number of carbonyl (C=O) groups is 2. The molecule has 0 unspecified atom stereocenters. The molecule has 106 valence electrons. The molecule has 2 rings (SSSR count). The minimum atomic E-state index is -1.05. The first-order valence-corrected chi connectivity index (χ1v) is 6.68. The molecule has 0 radical (unpaired) electrons. The van der Waals surface area contributed by atoms with Crippen LogP contribution in [0.4, 0.5) is 0 Å². The Bertz CT molecular complexity index is 546. The van der Waals surface area contributed by atoms with Crippen LogP contribution in [0.2, 0.25) is 0 Å². The van der Waals surface area contributed by atoms with E-state index in [0.717, 1.165) is 31.8 Å². The van der Waals surface area contributed by atoms with Crippen molar-refractivity contribution >= 4 is 18.0 Å². The van der Waals surface area contributed by atoms with Gasteiger partial charge in [-0.1, -0.05) is 12.8 Å². The molecule has 0 aliphatic heterocycles. The predicted octanol–water partition coefficient (Wildman–Crippen LogP) is 2.24. The lowest BCUT2D eigenvalue weighted by Gasteiger charge is -2.25. The van der Waals surface area contributed by atoms with Gasteiger partial charge in [0, 0.05) is 35.1 Å². The van der Waals surface area contributed by atoms with Gasteiger partial charge in [-0.2, -0.15) is 0 Å². The van der Waals surface area contributed by atoms with Crippen molar-refractivity contribution in [3.8, 4) is 0 Å².